The summed E-state index contributed by atoms with van der Waals surface area (Å²) >= 11 is 5.57. The minimum Gasteiger partial charge on any atom is -0.354 e. The van der Waals surface area contributed by atoms with E-state index in [2.05, 4.69) is 16.7 Å². The van der Waals surface area contributed by atoms with Crippen molar-refractivity contribution >= 4 is 23.0 Å². The summed E-state index contributed by atoms with van der Waals surface area (Å²) in [4.78, 5) is 0. The molecule has 1 aromatic rings. The van der Waals surface area contributed by atoms with Crippen LogP contribution in [0.25, 0.3) is 0 Å². The van der Waals surface area contributed by atoms with Gasteiger partial charge in [0.1, 0.15) is 18.3 Å². The van der Waals surface area contributed by atoms with Crippen LogP contribution in [0, 0.1) is 11.3 Å². The molecule has 8 nitrogen and oxygen atoms in total. The maximum atomic E-state index is 8.97. The van der Waals surface area contributed by atoms with Crippen LogP contribution in [-0.2, 0) is 23.7 Å². The molecule has 31 heavy (non-hydrogen) atoms. The van der Waals surface area contributed by atoms with Crippen LogP contribution >= 0.6 is 12.2 Å². The molecule has 9 heteroatoms. The third-order valence-electron chi connectivity index (χ3n) is 6.27. The highest BCUT2D eigenvalue weighted by Gasteiger charge is 2.59. The van der Waals surface area contributed by atoms with E-state index in [4.69, 9.17) is 41.2 Å². The minimum absolute atomic E-state index is 0.228. The molecule has 3 heterocycles. The van der Waals surface area contributed by atoms with Gasteiger partial charge in [-0.15, -0.1) is 0 Å². The molecule has 4 fully saturated rings. The molecule has 0 aromatic heterocycles. The molecule has 0 bridgehead atoms. The molecular weight excluding hydrogens is 418 g/mol. The first-order valence-electron chi connectivity index (χ1n) is 10.8. The molecule has 3 aliphatic heterocycles. The van der Waals surface area contributed by atoms with Gasteiger partial charge in [0, 0.05) is 18.5 Å². The Morgan fingerprint density at radius 1 is 1.10 bits per heavy atom. The molecular formula is C22H27N3O5S. The van der Waals surface area contributed by atoms with Crippen molar-refractivity contribution in [3.05, 3.63) is 29.8 Å². The first-order chi connectivity index (χ1) is 14.9. The molecule has 0 unspecified atom stereocenters. The molecule has 1 aromatic carbocycles. The summed E-state index contributed by atoms with van der Waals surface area (Å²) in [5.41, 5.74) is 1.38. The average Bonchev–Trinajstić information content (AvgIpc) is 3.49. The first kappa shape index (κ1) is 21.1. The number of nitrogens with one attached hydrogen (secondary N) is 2. The molecule has 0 amide bonds. The Morgan fingerprint density at radius 2 is 1.84 bits per heavy atom. The Labute approximate surface area is 187 Å². The second-order valence-electron chi connectivity index (χ2n) is 8.97. The summed E-state index contributed by atoms with van der Waals surface area (Å²) in [7, 11) is 0. The molecule has 1 aliphatic carbocycles. The van der Waals surface area contributed by atoms with Crippen molar-refractivity contribution in [2.24, 2.45) is 0 Å². The number of anilines is 1. The van der Waals surface area contributed by atoms with E-state index in [1.54, 1.807) is 12.1 Å². The SMILES string of the molecule is CC1(C)O[C@H]2O[C@H]([C@H]3COC4(CCCC4)O3)[C@H](NC(=S)Nc3ccc(C#N)cc3)[C@H]2O1. The molecule has 1 spiro atoms. The molecule has 166 valence electrons. The standard InChI is InChI=1S/C22H27N3O5S/c1-21(2)29-18-16(25-20(31)24-14-7-5-13(11-23)6-8-14)17(27-19(18)30-21)15-12-26-22(28-15)9-3-4-10-22/h5-8,15-19H,3-4,9-10,12H2,1-2H3,(H2,24,25,31)/t15-,16+,17-,18-,19-/m1/s1. The smallest absolute Gasteiger partial charge is 0.189 e. The van der Waals surface area contributed by atoms with E-state index in [9.17, 15) is 0 Å². The second kappa shape index (κ2) is 7.96. The van der Waals surface area contributed by atoms with Gasteiger partial charge in [-0.25, -0.2) is 0 Å². The van der Waals surface area contributed by atoms with Gasteiger partial charge in [-0.05, 0) is 63.2 Å². The monoisotopic (exact) mass is 445 g/mol. The maximum Gasteiger partial charge on any atom is 0.189 e. The number of benzene rings is 1. The third kappa shape index (κ3) is 4.16. The van der Waals surface area contributed by atoms with Gasteiger partial charge in [0.15, 0.2) is 23.0 Å². The predicted molar refractivity (Wildman–Crippen MR) is 115 cm³/mol. The fraction of sp³-hybridized carbons (Fsp3) is 0.636. The fourth-order valence-corrected chi connectivity index (χ4v) is 5.13. The van der Waals surface area contributed by atoms with Crippen molar-refractivity contribution < 1.29 is 23.7 Å². The van der Waals surface area contributed by atoms with Crippen LogP contribution in [0.2, 0.25) is 0 Å². The van der Waals surface area contributed by atoms with Crippen LogP contribution in [-0.4, -0.2) is 53.9 Å². The van der Waals surface area contributed by atoms with E-state index >= 15 is 0 Å². The lowest BCUT2D eigenvalue weighted by Crippen LogP contribution is -2.53. The Kier molecular flexibility index (Phi) is 5.41. The Morgan fingerprint density at radius 3 is 2.55 bits per heavy atom. The topological polar surface area (TPSA) is 94.0 Å². The lowest BCUT2D eigenvalue weighted by Gasteiger charge is -2.30. The number of rotatable bonds is 3. The number of hydrogen-bond donors (Lipinski definition) is 2. The highest BCUT2D eigenvalue weighted by Crippen LogP contribution is 2.44. The summed E-state index contributed by atoms with van der Waals surface area (Å²) < 4.78 is 30.8. The zero-order valence-corrected chi connectivity index (χ0v) is 18.4. The quantitative estimate of drug-likeness (QED) is 0.681. The van der Waals surface area contributed by atoms with E-state index in [0.717, 1.165) is 31.4 Å². The van der Waals surface area contributed by atoms with Crippen molar-refractivity contribution in [2.75, 3.05) is 11.9 Å². The van der Waals surface area contributed by atoms with Gasteiger partial charge in [-0.1, -0.05) is 0 Å². The van der Waals surface area contributed by atoms with Gasteiger partial charge < -0.3 is 34.3 Å². The number of nitrogens with zero attached hydrogens (tertiary/aromatic N) is 1. The lowest BCUT2D eigenvalue weighted by molar-refractivity contribution is -0.226. The predicted octanol–water partition coefficient (Wildman–Crippen LogP) is 2.78. The van der Waals surface area contributed by atoms with Gasteiger partial charge in [0.05, 0.1) is 24.3 Å². The van der Waals surface area contributed by atoms with E-state index in [1.807, 2.05) is 26.0 Å². The molecule has 4 aliphatic rings. The van der Waals surface area contributed by atoms with E-state index in [1.165, 1.54) is 0 Å². The third-order valence-corrected chi connectivity index (χ3v) is 6.49. The number of fused-ring (bicyclic) bond motifs is 1. The highest BCUT2D eigenvalue weighted by molar-refractivity contribution is 7.80. The van der Waals surface area contributed by atoms with E-state index in [-0.39, 0.29) is 24.4 Å². The van der Waals surface area contributed by atoms with Gasteiger partial charge in [0.2, 0.25) is 0 Å². The van der Waals surface area contributed by atoms with Crippen LogP contribution in [0.3, 0.4) is 0 Å². The summed E-state index contributed by atoms with van der Waals surface area (Å²) in [5, 5.41) is 15.9. The molecule has 1 saturated carbocycles. The van der Waals surface area contributed by atoms with Crippen molar-refractivity contribution in [3.63, 3.8) is 0 Å². The number of thiocarbonyl (C=S) groups is 1. The van der Waals surface area contributed by atoms with Gasteiger partial charge in [0.25, 0.3) is 0 Å². The zero-order chi connectivity index (χ0) is 21.6. The lowest BCUT2D eigenvalue weighted by atomic mass is 10.0. The van der Waals surface area contributed by atoms with Crippen molar-refractivity contribution in [1.29, 1.82) is 5.26 Å². The van der Waals surface area contributed by atoms with Crippen LogP contribution < -0.4 is 10.6 Å². The van der Waals surface area contributed by atoms with Gasteiger partial charge in [-0.3, -0.25) is 0 Å². The fourth-order valence-electron chi connectivity index (χ4n) is 4.88. The Balaban J connectivity index is 1.30. The van der Waals surface area contributed by atoms with Crippen LogP contribution in [0.15, 0.2) is 24.3 Å². The molecule has 3 saturated heterocycles. The van der Waals surface area contributed by atoms with Crippen molar-refractivity contribution in [3.8, 4) is 6.07 Å². The maximum absolute atomic E-state index is 8.97. The summed E-state index contributed by atoms with van der Waals surface area (Å²) in [6.45, 7) is 4.22. The molecule has 2 N–H and O–H groups in total. The Bertz CT molecular complexity index is 880. The van der Waals surface area contributed by atoms with Crippen LogP contribution in [0.5, 0.6) is 0 Å². The molecule has 5 rings (SSSR count). The minimum atomic E-state index is -0.734. The van der Waals surface area contributed by atoms with Crippen molar-refractivity contribution in [2.45, 2.75) is 81.7 Å². The van der Waals surface area contributed by atoms with Crippen LogP contribution in [0.4, 0.5) is 5.69 Å². The summed E-state index contributed by atoms with van der Waals surface area (Å²) in [6.07, 6.45) is 2.68. The van der Waals surface area contributed by atoms with Gasteiger partial charge in [-0.2, -0.15) is 5.26 Å². The molecule has 0 radical (unpaired) electrons. The van der Waals surface area contributed by atoms with Gasteiger partial charge >= 0.3 is 0 Å². The zero-order valence-electron chi connectivity index (χ0n) is 17.6. The second-order valence-corrected chi connectivity index (χ2v) is 9.38. The van der Waals surface area contributed by atoms with Crippen LogP contribution in [0.1, 0.15) is 45.1 Å². The molecule has 5 atom stereocenters. The normalized spacial score (nSPS) is 35.1. The summed E-state index contributed by atoms with van der Waals surface area (Å²) in [5.74, 6) is -1.21. The first-order valence-corrected chi connectivity index (χ1v) is 11.2. The van der Waals surface area contributed by atoms with E-state index in [0.29, 0.717) is 17.3 Å². The van der Waals surface area contributed by atoms with E-state index < -0.39 is 17.9 Å². The van der Waals surface area contributed by atoms with Crippen molar-refractivity contribution in [1.82, 2.24) is 5.32 Å². The number of hydrogen-bond acceptors (Lipinski definition) is 7. The highest BCUT2D eigenvalue weighted by atomic mass is 32.1. The number of ether oxygens (including phenoxy) is 5. The largest absolute Gasteiger partial charge is 0.354 e. The Hall–Kier alpha value is -1.80. The number of nitriles is 1. The average molecular weight is 446 g/mol. The summed E-state index contributed by atoms with van der Waals surface area (Å²) in [6, 6.07) is 8.95.